The van der Waals surface area contributed by atoms with Crippen molar-refractivity contribution >= 4 is 21.6 Å². The minimum atomic E-state index is -3.49. The van der Waals surface area contributed by atoms with Crippen LogP contribution in [-0.4, -0.2) is 90.8 Å². The molecule has 0 aromatic heterocycles. The highest BCUT2D eigenvalue weighted by Crippen LogP contribution is 2.39. The van der Waals surface area contributed by atoms with Gasteiger partial charge in [-0.05, 0) is 61.1 Å². The van der Waals surface area contributed by atoms with Crippen LogP contribution in [0.1, 0.15) is 36.0 Å². The number of nitrogens with one attached hydrogen (secondary N) is 1. The third-order valence-corrected chi connectivity index (χ3v) is 9.25. The molecule has 1 aliphatic carbocycles. The highest BCUT2D eigenvalue weighted by atomic mass is 32.2. The lowest BCUT2D eigenvalue weighted by atomic mass is 10.0. The van der Waals surface area contributed by atoms with Gasteiger partial charge in [0.1, 0.15) is 11.8 Å². The number of amides is 1. The van der Waals surface area contributed by atoms with Crippen LogP contribution in [0.5, 0.6) is 0 Å². The van der Waals surface area contributed by atoms with E-state index in [1.165, 1.54) is 0 Å². The Balaban J connectivity index is 1.21. The minimum absolute atomic E-state index is 0.0706. The molecule has 3 aliphatic rings. The van der Waals surface area contributed by atoms with Gasteiger partial charge in [-0.25, -0.2) is 8.42 Å². The summed E-state index contributed by atoms with van der Waals surface area (Å²) in [6.07, 6.45) is 1.34. The van der Waals surface area contributed by atoms with E-state index >= 15 is 0 Å². The fraction of sp³-hybridized carbons (Fsp3) is 0.500. The molecule has 0 spiro atoms. The summed E-state index contributed by atoms with van der Waals surface area (Å²) in [6.45, 7) is 2.93. The number of anilines is 1. The molecule has 2 aliphatic heterocycles. The van der Waals surface area contributed by atoms with Gasteiger partial charge in [-0.15, -0.1) is 0 Å². The molecule has 2 saturated heterocycles. The molecule has 3 fully saturated rings. The molecule has 5 rings (SSSR count). The van der Waals surface area contributed by atoms with E-state index in [0.29, 0.717) is 76.3 Å². The van der Waals surface area contributed by atoms with Crippen LogP contribution in [0.3, 0.4) is 0 Å². The zero-order chi connectivity index (χ0) is 25.3. The largest absolute Gasteiger partial charge is 0.386 e. The van der Waals surface area contributed by atoms with Gasteiger partial charge in [0.05, 0.1) is 5.25 Å². The molecule has 9 nitrogen and oxygen atoms in total. The average Bonchev–Trinajstić information content (AvgIpc) is 3.67. The van der Waals surface area contributed by atoms with Crippen LogP contribution in [0.25, 0.3) is 11.1 Å². The zero-order valence-corrected chi connectivity index (χ0v) is 21.0. The Labute approximate surface area is 211 Å². The minimum Gasteiger partial charge on any atom is -0.386 e. The van der Waals surface area contributed by atoms with Gasteiger partial charge in [-0.1, -0.05) is 24.3 Å². The van der Waals surface area contributed by atoms with Crippen molar-refractivity contribution in [1.82, 2.24) is 9.80 Å². The van der Waals surface area contributed by atoms with Crippen molar-refractivity contribution in [1.29, 1.82) is 0 Å². The first kappa shape index (κ1) is 25.2. The normalized spacial score (nSPS) is 21.7. The van der Waals surface area contributed by atoms with Crippen molar-refractivity contribution in [3.05, 3.63) is 54.1 Å². The van der Waals surface area contributed by atoms with E-state index in [9.17, 15) is 23.4 Å². The maximum atomic E-state index is 13.0. The maximum Gasteiger partial charge on any atom is 0.253 e. The molecule has 36 heavy (non-hydrogen) atoms. The summed E-state index contributed by atoms with van der Waals surface area (Å²) in [7, 11) is -3.49. The van der Waals surface area contributed by atoms with Crippen LogP contribution in [0.4, 0.5) is 5.69 Å². The Bertz CT molecular complexity index is 1180. The molecule has 1 unspecified atom stereocenters. The maximum absolute atomic E-state index is 13.0. The summed E-state index contributed by atoms with van der Waals surface area (Å²) >= 11 is 0. The number of piperazine rings is 1. The fourth-order valence-electron chi connectivity index (χ4n) is 4.88. The second-order valence-corrected chi connectivity index (χ2v) is 11.9. The van der Waals surface area contributed by atoms with Gasteiger partial charge in [0.15, 0.2) is 0 Å². The van der Waals surface area contributed by atoms with E-state index in [0.717, 1.165) is 11.1 Å². The van der Waals surface area contributed by atoms with E-state index in [1.807, 2.05) is 29.2 Å². The van der Waals surface area contributed by atoms with Gasteiger partial charge in [0, 0.05) is 50.6 Å². The van der Waals surface area contributed by atoms with E-state index in [4.69, 9.17) is 4.74 Å². The molecule has 3 N–H and O–H groups in total. The summed E-state index contributed by atoms with van der Waals surface area (Å²) in [5.74, 6) is -0.0706. The Morgan fingerprint density at radius 3 is 2.31 bits per heavy atom. The average molecular weight is 516 g/mol. The lowest BCUT2D eigenvalue weighted by Crippen LogP contribution is -2.55. The van der Waals surface area contributed by atoms with Crippen LogP contribution < -0.4 is 4.72 Å². The number of rotatable bonds is 7. The molecule has 1 saturated carbocycles. The molecule has 1 amide bonds. The Morgan fingerprint density at radius 2 is 1.67 bits per heavy atom. The zero-order valence-electron chi connectivity index (χ0n) is 20.2. The van der Waals surface area contributed by atoms with E-state index in [1.54, 1.807) is 29.2 Å². The number of benzene rings is 2. The highest BCUT2D eigenvalue weighted by molar-refractivity contribution is 7.93. The van der Waals surface area contributed by atoms with Crippen molar-refractivity contribution in [2.45, 2.75) is 42.8 Å². The number of carbonyl (C=O) groups is 1. The Morgan fingerprint density at radius 1 is 1.00 bits per heavy atom. The number of carbonyl (C=O) groups excluding carboxylic acids is 1. The topological polar surface area (TPSA) is 119 Å². The summed E-state index contributed by atoms with van der Waals surface area (Å²) in [5.41, 5.74) is 1.83. The van der Waals surface area contributed by atoms with Crippen LogP contribution in [0, 0.1) is 0 Å². The molecule has 10 heteroatoms. The van der Waals surface area contributed by atoms with E-state index < -0.39 is 27.1 Å². The molecule has 194 valence electrons. The van der Waals surface area contributed by atoms with Crippen molar-refractivity contribution in [3.63, 3.8) is 0 Å². The van der Waals surface area contributed by atoms with Gasteiger partial charge in [0.2, 0.25) is 10.0 Å². The molecule has 1 atom stereocenters. The number of aliphatic hydroxyl groups excluding tert-OH is 1. The first-order chi connectivity index (χ1) is 17.2. The molecule has 2 aromatic carbocycles. The van der Waals surface area contributed by atoms with Crippen molar-refractivity contribution in [2.24, 2.45) is 0 Å². The third-order valence-electron chi connectivity index (χ3n) is 7.39. The second kappa shape index (κ2) is 10.1. The summed E-state index contributed by atoms with van der Waals surface area (Å²) < 4.78 is 33.5. The van der Waals surface area contributed by atoms with Gasteiger partial charge in [0.25, 0.3) is 5.91 Å². The smallest absolute Gasteiger partial charge is 0.253 e. The molecular formula is C26H33N3O6S. The summed E-state index contributed by atoms with van der Waals surface area (Å²) in [5, 5.41) is 20.0. The van der Waals surface area contributed by atoms with E-state index in [-0.39, 0.29) is 5.91 Å². The SMILES string of the molecule is O=C(c1ccc(-c2cccc(NS(=O)(=O)C3CCOCC3)c2)cc1)N1CCN(C(O)C2(O)CC2)CC1. The summed E-state index contributed by atoms with van der Waals surface area (Å²) in [6, 6.07) is 14.5. The van der Waals surface area contributed by atoms with Gasteiger partial charge < -0.3 is 19.8 Å². The third kappa shape index (κ3) is 5.42. The number of sulfonamides is 1. The fourth-order valence-corrected chi connectivity index (χ4v) is 6.31. The number of ether oxygens (including phenoxy) is 1. The van der Waals surface area contributed by atoms with Gasteiger partial charge in [-0.2, -0.15) is 0 Å². The number of hydrogen-bond acceptors (Lipinski definition) is 7. The lowest BCUT2D eigenvalue weighted by Gasteiger charge is -2.38. The van der Waals surface area contributed by atoms with Crippen molar-refractivity contribution in [2.75, 3.05) is 44.1 Å². The first-order valence-corrected chi connectivity index (χ1v) is 14.0. The van der Waals surface area contributed by atoms with Crippen molar-refractivity contribution in [3.8, 4) is 11.1 Å². The molecule has 0 radical (unpaired) electrons. The lowest BCUT2D eigenvalue weighted by molar-refractivity contribution is -0.108. The Kier molecular flexibility index (Phi) is 7.06. The van der Waals surface area contributed by atoms with Crippen molar-refractivity contribution < 1.29 is 28.2 Å². The van der Waals surface area contributed by atoms with Crippen LogP contribution >= 0.6 is 0 Å². The number of nitrogens with zero attached hydrogens (tertiary/aromatic N) is 2. The molecule has 2 heterocycles. The number of aliphatic hydroxyl groups is 2. The van der Waals surface area contributed by atoms with Crippen LogP contribution in [0.2, 0.25) is 0 Å². The second-order valence-electron chi connectivity index (χ2n) is 9.92. The number of hydrogen-bond donors (Lipinski definition) is 3. The predicted octanol–water partition coefficient (Wildman–Crippen LogP) is 1.88. The van der Waals surface area contributed by atoms with Gasteiger partial charge in [-0.3, -0.25) is 14.4 Å². The van der Waals surface area contributed by atoms with E-state index in [2.05, 4.69) is 4.72 Å². The van der Waals surface area contributed by atoms with Crippen LogP contribution in [-0.2, 0) is 14.8 Å². The Hall–Kier alpha value is -2.50. The molecule has 2 aromatic rings. The standard InChI is InChI=1S/C26H33N3O6S/c30-24(28-12-14-29(15-13-28)25(31)26(32)10-11-26)20-6-4-19(5-7-20)21-2-1-3-22(18-21)27-36(33,34)23-8-16-35-17-9-23/h1-7,18,23,25,27,31-32H,8-17H2. The van der Waals surface area contributed by atoms with Gasteiger partial charge >= 0.3 is 0 Å². The van der Waals surface area contributed by atoms with Crippen LogP contribution in [0.15, 0.2) is 48.5 Å². The monoisotopic (exact) mass is 515 g/mol. The first-order valence-electron chi connectivity index (χ1n) is 12.5. The predicted molar refractivity (Wildman–Crippen MR) is 136 cm³/mol. The highest BCUT2D eigenvalue weighted by Gasteiger charge is 2.50. The molecule has 0 bridgehead atoms. The quantitative estimate of drug-likeness (QED) is 0.515. The molecular weight excluding hydrogens is 482 g/mol. The summed E-state index contributed by atoms with van der Waals surface area (Å²) in [4.78, 5) is 16.6.